The summed E-state index contributed by atoms with van der Waals surface area (Å²) >= 11 is 0. The van der Waals surface area contributed by atoms with Crippen molar-refractivity contribution in [3.63, 3.8) is 0 Å². The lowest BCUT2D eigenvalue weighted by atomic mass is 9.97. The number of aryl methyl sites for hydroxylation is 1. The maximum absolute atomic E-state index is 14.4. The molecule has 0 N–H and O–H groups in total. The molecule has 0 saturated heterocycles. The van der Waals surface area contributed by atoms with Gasteiger partial charge in [0.25, 0.3) is 0 Å². The van der Waals surface area contributed by atoms with Crippen molar-refractivity contribution in [1.82, 2.24) is 4.98 Å². The summed E-state index contributed by atoms with van der Waals surface area (Å²) in [5.74, 6) is -0.360. The number of rotatable bonds is 1. The van der Waals surface area contributed by atoms with E-state index in [1.807, 2.05) is 36.4 Å². The predicted octanol–water partition coefficient (Wildman–Crippen LogP) is 4.22. The number of aromatic nitrogens is 1. The zero-order valence-corrected chi connectivity index (χ0v) is 10.9. The van der Waals surface area contributed by atoms with Crippen LogP contribution in [0.1, 0.15) is 11.1 Å². The van der Waals surface area contributed by atoms with Crippen LogP contribution in [0.25, 0.3) is 22.0 Å². The lowest BCUT2D eigenvalue weighted by Crippen LogP contribution is -1.94. The molecule has 0 unspecified atom stereocenters. The summed E-state index contributed by atoms with van der Waals surface area (Å²) in [6.07, 6.45) is 1.61. The average Bonchev–Trinajstić information content (AvgIpc) is 2.49. The molecule has 0 atom stereocenters. The van der Waals surface area contributed by atoms with E-state index in [4.69, 9.17) is 0 Å². The van der Waals surface area contributed by atoms with E-state index in [0.29, 0.717) is 22.3 Å². The van der Waals surface area contributed by atoms with E-state index < -0.39 is 0 Å². The van der Waals surface area contributed by atoms with Crippen LogP contribution in [0.2, 0.25) is 0 Å². The third-order valence-electron chi connectivity index (χ3n) is 3.33. The number of hydrogen-bond donors (Lipinski definition) is 0. The third kappa shape index (κ3) is 1.92. The molecule has 1 aromatic heterocycles. The van der Waals surface area contributed by atoms with Gasteiger partial charge in [0.05, 0.1) is 17.1 Å². The quantitative estimate of drug-likeness (QED) is 0.658. The average molecular weight is 262 g/mol. The van der Waals surface area contributed by atoms with Crippen molar-refractivity contribution in [3.8, 4) is 17.2 Å². The molecule has 3 rings (SSSR count). The van der Waals surface area contributed by atoms with E-state index in [-0.39, 0.29) is 5.82 Å². The maximum atomic E-state index is 14.4. The van der Waals surface area contributed by atoms with Crippen LogP contribution in [-0.4, -0.2) is 4.98 Å². The number of hydrogen-bond acceptors (Lipinski definition) is 2. The Morgan fingerprint density at radius 3 is 2.75 bits per heavy atom. The standard InChI is InChI=1S/C17H11FN2/c1-11-6-7-13(9-19)16(17(11)18)14-8-12-4-2-3-5-15(12)20-10-14/h2-8,10H,1H3. The molecule has 0 amide bonds. The van der Waals surface area contributed by atoms with E-state index in [0.717, 1.165) is 10.9 Å². The number of fused-ring (bicyclic) bond motifs is 1. The van der Waals surface area contributed by atoms with E-state index in [9.17, 15) is 9.65 Å². The lowest BCUT2D eigenvalue weighted by Gasteiger charge is -2.09. The number of pyridine rings is 1. The second kappa shape index (κ2) is 4.75. The Hall–Kier alpha value is -2.73. The Balaban J connectivity index is 2.31. The van der Waals surface area contributed by atoms with E-state index in [1.54, 1.807) is 25.3 Å². The number of para-hydroxylation sites is 1. The maximum Gasteiger partial charge on any atom is 0.135 e. The summed E-state index contributed by atoms with van der Waals surface area (Å²) in [6.45, 7) is 1.69. The first-order chi connectivity index (χ1) is 9.70. The number of nitriles is 1. The van der Waals surface area contributed by atoms with Gasteiger partial charge in [-0.05, 0) is 30.7 Å². The molecule has 0 spiro atoms. The molecule has 96 valence electrons. The molecule has 0 radical (unpaired) electrons. The first-order valence-electron chi connectivity index (χ1n) is 6.25. The Kier molecular flexibility index (Phi) is 2.92. The minimum absolute atomic E-state index is 0.324. The van der Waals surface area contributed by atoms with E-state index in [1.165, 1.54) is 0 Å². The molecule has 20 heavy (non-hydrogen) atoms. The molecule has 3 heteroatoms. The van der Waals surface area contributed by atoms with Gasteiger partial charge in [0.1, 0.15) is 5.82 Å². The van der Waals surface area contributed by atoms with Crippen LogP contribution in [-0.2, 0) is 0 Å². The molecule has 0 aliphatic carbocycles. The Labute approximate surface area is 116 Å². The van der Waals surface area contributed by atoms with Gasteiger partial charge in [-0.15, -0.1) is 0 Å². The third-order valence-corrected chi connectivity index (χ3v) is 3.33. The SMILES string of the molecule is Cc1ccc(C#N)c(-c2cnc3ccccc3c2)c1F. The number of nitrogens with zero attached hydrogens (tertiary/aromatic N) is 2. The molecule has 0 bridgehead atoms. The fourth-order valence-corrected chi connectivity index (χ4v) is 2.26. The van der Waals surface area contributed by atoms with Gasteiger partial charge in [0.2, 0.25) is 0 Å². The fraction of sp³-hybridized carbons (Fsp3) is 0.0588. The van der Waals surface area contributed by atoms with Gasteiger partial charge in [-0.25, -0.2) is 4.39 Å². The monoisotopic (exact) mass is 262 g/mol. The molecule has 0 aliphatic rings. The van der Waals surface area contributed by atoms with Gasteiger partial charge in [-0.3, -0.25) is 4.98 Å². The van der Waals surface area contributed by atoms with Crippen LogP contribution >= 0.6 is 0 Å². The van der Waals surface area contributed by atoms with Gasteiger partial charge < -0.3 is 0 Å². The predicted molar refractivity (Wildman–Crippen MR) is 76.6 cm³/mol. The van der Waals surface area contributed by atoms with Crippen molar-refractivity contribution in [2.75, 3.05) is 0 Å². The lowest BCUT2D eigenvalue weighted by molar-refractivity contribution is 0.621. The molecular formula is C17H11FN2. The number of halogens is 1. The molecule has 0 fully saturated rings. The van der Waals surface area contributed by atoms with Crippen LogP contribution in [0.5, 0.6) is 0 Å². The Bertz CT molecular complexity index is 847. The smallest absolute Gasteiger partial charge is 0.135 e. The normalized spacial score (nSPS) is 10.4. The van der Waals surface area contributed by atoms with Crippen LogP contribution in [0.4, 0.5) is 4.39 Å². The van der Waals surface area contributed by atoms with Crippen LogP contribution in [0.15, 0.2) is 48.7 Å². The van der Waals surface area contributed by atoms with Crippen molar-refractivity contribution in [2.45, 2.75) is 6.92 Å². The Morgan fingerprint density at radius 2 is 1.95 bits per heavy atom. The minimum atomic E-state index is -0.360. The number of benzene rings is 2. The molecule has 3 aromatic rings. The van der Waals surface area contributed by atoms with Gasteiger partial charge in [0, 0.05) is 22.7 Å². The van der Waals surface area contributed by atoms with Gasteiger partial charge in [-0.2, -0.15) is 5.26 Å². The Morgan fingerprint density at radius 1 is 1.15 bits per heavy atom. The van der Waals surface area contributed by atoms with Gasteiger partial charge in [0.15, 0.2) is 0 Å². The van der Waals surface area contributed by atoms with E-state index >= 15 is 0 Å². The highest BCUT2D eigenvalue weighted by molar-refractivity contribution is 5.84. The highest BCUT2D eigenvalue weighted by atomic mass is 19.1. The van der Waals surface area contributed by atoms with Crippen molar-refractivity contribution >= 4 is 10.9 Å². The van der Waals surface area contributed by atoms with E-state index in [2.05, 4.69) is 4.98 Å². The summed E-state index contributed by atoms with van der Waals surface area (Å²) < 4.78 is 14.4. The molecule has 2 nitrogen and oxygen atoms in total. The summed E-state index contributed by atoms with van der Waals surface area (Å²) in [5.41, 5.74) is 2.65. The highest BCUT2D eigenvalue weighted by Crippen LogP contribution is 2.29. The zero-order chi connectivity index (χ0) is 14.1. The summed E-state index contributed by atoms with van der Waals surface area (Å²) in [7, 11) is 0. The molecule has 0 saturated carbocycles. The van der Waals surface area contributed by atoms with Gasteiger partial charge in [-0.1, -0.05) is 24.3 Å². The largest absolute Gasteiger partial charge is 0.256 e. The topological polar surface area (TPSA) is 36.7 Å². The van der Waals surface area contributed by atoms with Crippen molar-refractivity contribution < 1.29 is 4.39 Å². The first kappa shape index (κ1) is 12.3. The first-order valence-corrected chi connectivity index (χ1v) is 6.25. The van der Waals surface area contributed by atoms with Crippen LogP contribution < -0.4 is 0 Å². The summed E-state index contributed by atoms with van der Waals surface area (Å²) in [5, 5.41) is 10.1. The minimum Gasteiger partial charge on any atom is -0.256 e. The van der Waals surface area contributed by atoms with Gasteiger partial charge >= 0.3 is 0 Å². The highest BCUT2D eigenvalue weighted by Gasteiger charge is 2.14. The summed E-state index contributed by atoms with van der Waals surface area (Å²) in [6, 6.07) is 14.8. The molecule has 2 aromatic carbocycles. The van der Waals surface area contributed by atoms with Crippen molar-refractivity contribution in [2.24, 2.45) is 0 Å². The summed E-state index contributed by atoms with van der Waals surface area (Å²) in [4.78, 5) is 4.33. The van der Waals surface area contributed by atoms with Crippen molar-refractivity contribution in [3.05, 3.63) is 65.6 Å². The zero-order valence-electron chi connectivity index (χ0n) is 10.9. The molecule has 1 heterocycles. The molecule has 0 aliphatic heterocycles. The fourth-order valence-electron chi connectivity index (χ4n) is 2.26. The molecular weight excluding hydrogens is 251 g/mol. The van der Waals surface area contributed by atoms with Crippen molar-refractivity contribution in [1.29, 1.82) is 5.26 Å². The second-order valence-electron chi connectivity index (χ2n) is 4.65. The second-order valence-corrected chi connectivity index (χ2v) is 4.65. The van der Waals surface area contributed by atoms with Crippen LogP contribution in [0, 0.1) is 24.1 Å². The van der Waals surface area contributed by atoms with Crippen LogP contribution in [0.3, 0.4) is 0 Å².